The molecular formula is C14H15NO2. The van der Waals surface area contributed by atoms with E-state index in [0.29, 0.717) is 6.54 Å². The molecule has 0 bridgehead atoms. The maximum Gasteiger partial charge on any atom is 0.330 e. The van der Waals surface area contributed by atoms with Crippen molar-refractivity contribution in [2.45, 2.75) is 13.5 Å². The predicted octanol–water partition coefficient (Wildman–Crippen LogP) is 1.94. The van der Waals surface area contributed by atoms with E-state index in [1.54, 1.807) is 13.0 Å². The number of methoxy groups -OCH3 is 1. The van der Waals surface area contributed by atoms with E-state index in [2.05, 4.69) is 22.0 Å². The molecule has 0 amide bonds. The summed E-state index contributed by atoms with van der Waals surface area (Å²) in [6.45, 7) is 2.50. The van der Waals surface area contributed by atoms with Gasteiger partial charge in [0.1, 0.15) is 0 Å². The van der Waals surface area contributed by atoms with Gasteiger partial charge in [0, 0.05) is 18.7 Å². The number of carbonyl (C=O) groups is 1. The Balaban J connectivity index is 2.57. The van der Waals surface area contributed by atoms with E-state index in [0.717, 1.165) is 11.1 Å². The lowest BCUT2D eigenvalue weighted by Crippen LogP contribution is -2.04. The topological polar surface area (TPSA) is 38.3 Å². The molecule has 0 spiro atoms. The molecule has 0 aliphatic carbocycles. The van der Waals surface area contributed by atoms with Crippen molar-refractivity contribution in [1.82, 2.24) is 5.32 Å². The second-order valence-corrected chi connectivity index (χ2v) is 3.33. The van der Waals surface area contributed by atoms with Gasteiger partial charge in [-0.2, -0.15) is 0 Å². The second kappa shape index (κ2) is 7.13. The van der Waals surface area contributed by atoms with Gasteiger partial charge in [-0.05, 0) is 24.1 Å². The average Bonchev–Trinajstić information content (AvgIpc) is 2.37. The highest BCUT2D eigenvalue weighted by Gasteiger charge is 1.93. The Hall–Kier alpha value is -2.21. The van der Waals surface area contributed by atoms with E-state index in [-0.39, 0.29) is 5.97 Å². The lowest BCUT2D eigenvalue weighted by Gasteiger charge is -2.00. The highest BCUT2D eigenvalue weighted by atomic mass is 16.5. The fraction of sp³-hybridized carbons (Fsp3) is 0.214. The van der Waals surface area contributed by atoms with Crippen molar-refractivity contribution < 1.29 is 9.53 Å². The Morgan fingerprint density at radius 2 is 2.12 bits per heavy atom. The minimum atomic E-state index is -0.353. The maximum absolute atomic E-state index is 10.9. The van der Waals surface area contributed by atoms with Gasteiger partial charge in [-0.3, -0.25) is 0 Å². The molecule has 0 radical (unpaired) electrons. The summed E-state index contributed by atoms with van der Waals surface area (Å²) in [7, 11) is 1.36. The lowest BCUT2D eigenvalue weighted by molar-refractivity contribution is -0.134. The van der Waals surface area contributed by atoms with Crippen molar-refractivity contribution in [1.29, 1.82) is 0 Å². The first-order valence-corrected chi connectivity index (χ1v) is 5.26. The summed E-state index contributed by atoms with van der Waals surface area (Å²) in [6, 6.07) is 10.6. The molecular weight excluding hydrogens is 214 g/mol. The number of carbonyl (C=O) groups excluding carboxylic acids is 1. The largest absolute Gasteiger partial charge is 0.466 e. The Kier molecular flexibility index (Phi) is 5.39. The van der Waals surface area contributed by atoms with Crippen LogP contribution >= 0.6 is 0 Å². The van der Waals surface area contributed by atoms with Crippen molar-refractivity contribution in [3.63, 3.8) is 0 Å². The van der Waals surface area contributed by atoms with Crippen LogP contribution in [-0.2, 0) is 16.1 Å². The van der Waals surface area contributed by atoms with E-state index in [4.69, 9.17) is 0 Å². The highest BCUT2D eigenvalue weighted by molar-refractivity contribution is 5.86. The zero-order valence-electron chi connectivity index (χ0n) is 9.99. The Morgan fingerprint density at radius 1 is 1.41 bits per heavy atom. The lowest BCUT2D eigenvalue weighted by atomic mass is 10.1. The standard InChI is InChI=1S/C14H15NO2/c1-3-10-15-11-13-6-4-12(5-7-13)8-9-14(16)17-2/h4-9,15H,11H2,1-2H3/b9-8+. The molecule has 0 aliphatic rings. The maximum atomic E-state index is 10.9. The molecule has 0 heterocycles. The van der Waals surface area contributed by atoms with Crippen LogP contribution in [0, 0.1) is 12.0 Å². The van der Waals surface area contributed by atoms with Gasteiger partial charge in [0.05, 0.1) is 7.11 Å². The summed E-state index contributed by atoms with van der Waals surface area (Å²) in [6.07, 6.45) is 3.12. The van der Waals surface area contributed by atoms with Crippen LogP contribution in [0.3, 0.4) is 0 Å². The molecule has 3 heteroatoms. The van der Waals surface area contributed by atoms with Gasteiger partial charge in [-0.25, -0.2) is 4.79 Å². The molecule has 1 rings (SSSR count). The number of rotatable bonds is 4. The van der Waals surface area contributed by atoms with E-state index in [1.807, 2.05) is 24.3 Å². The number of hydrogen-bond acceptors (Lipinski definition) is 3. The molecule has 0 atom stereocenters. The molecule has 0 fully saturated rings. The average molecular weight is 229 g/mol. The van der Waals surface area contributed by atoms with Crippen LogP contribution in [0.5, 0.6) is 0 Å². The van der Waals surface area contributed by atoms with E-state index in [1.165, 1.54) is 13.2 Å². The van der Waals surface area contributed by atoms with Gasteiger partial charge in [0.15, 0.2) is 0 Å². The van der Waals surface area contributed by atoms with Crippen LogP contribution in [0.25, 0.3) is 6.08 Å². The van der Waals surface area contributed by atoms with Gasteiger partial charge in [0.2, 0.25) is 0 Å². The molecule has 1 N–H and O–H groups in total. The molecule has 0 unspecified atom stereocenters. The zero-order valence-corrected chi connectivity index (χ0v) is 9.99. The molecule has 1 aromatic rings. The third kappa shape index (κ3) is 4.89. The van der Waals surface area contributed by atoms with Crippen molar-refractivity contribution in [2.24, 2.45) is 0 Å². The fourth-order valence-corrected chi connectivity index (χ4v) is 1.21. The number of ether oxygens (including phenoxy) is 1. The first kappa shape index (κ1) is 12.9. The molecule has 0 aliphatic heterocycles. The third-order valence-corrected chi connectivity index (χ3v) is 2.10. The molecule has 1 aromatic carbocycles. The summed E-state index contributed by atoms with van der Waals surface area (Å²) >= 11 is 0. The number of hydrogen-bond donors (Lipinski definition) is 1. The third-order valence-electron chi connectivity index (χ3n) is 2.10. The highest BCUT2D eigenvalue weighted by Crippen LogP contribution is 2.06. The van der Waals surface area contributed by atoms with Gasteiger partial charge in [-0.15, -0.1) is 0 Å². The van der Waals surface area contributed by atoms with Crippen LogP contribution in [0.4, 0.5) is 0 Å². The number of benzene rings is 1. The van der Waals surface area contributed by atoms with E-state index < -0.39 is 0 Å². The van der Waals surface area contributed by atoms with Crippen LogP contribution in [0.1, 0.15) is 18.1 Å². The van der Waals surface area contributed by atoms with Crippen molar-refractivity contribution >= 4 is 12.0 Å². The van der Waals surface area contributed by atoms with Crippen molar-refractivity contribution in [3.8, 4) is 12.0 Å². The zero-order chi connectivity index (χ0) is 12.5. The van der Waals surface area contributed by atoms with Gasteiger partial charge in [-0.1, -0.05) is 30.2 Å². The summed E-state index contributed by atoms with van der Waals surface area (Å²) in [4.78, 5) is 10.9. The van der Waals surface area contributed by atoms with E-state index in [9.17, 15) is 4.79 Å². The molecule has 17 heavy (non-hydrogen) atoms. The van der Waals surface area contributed by atoms with Crippen LogP contribution in [-0.4, -0.2) is 13.1 Å². The van der Waals surface area contributed by atoms with Crippen LogP contribution < -0.4 is 5.32 Å². The molecule has 0 aromatic heterocycles. The van der Waals surface area contributed by atoms with E-state index >= 15 is 0 Å². The normalized spacial score (nSPS) is 9.53. The first-order valence-electron chi connectivity index (χ1n) is 5.26. The van der Waals surface area contributed by atoms with Gasteiger partial charge in [0.25, 0.3) is 0 Å². The smallest absolute Gasteiger partial charge is 0.330 e. The van der Waals surface area contributed by atoms with Crippen molar-refractivity contribution in [2.75, 3.05) is 7.11 Å². The molecule has 0 saturated heterocycles. The van der Waals surface area contributed by atoms with Gasteiger partial charge >= 0.3 is 5.97 Å². The SMILES string of the molecule is CC#CNCc1ccc(/C=C/C(=O)OC)cc1. The summed E-state index contributed by atoms with van der Waals surface area (Å²) in [5.41, 5.74) is 2.10. The Morgan fingerprint density at radius 3 is 2.71 bits per heavy atom. The fourth-order valence-electron chi connectivity index (χ4n) is 1.21. The minimum Gasteiger partial charge on any atom is -0.466 e. The van der Waals surface area contributed by atoms with Gasteiger partial charge < -0.3 is 10.1 Å². The quantitative estimate of drug-likeness (QED) is 0.371. The summed E-state index contributed by atoms with van der Waals surface area (Å²) < 4.78 is 4.51. The first-order chi connectivity index (χ1) is 8.26. The number of nitrogens with one attached hydrogen (secondary N) is 1. The van der Waals surface area contributed by atoms with Crippen LogP contribution in [0.2, 0.25) is 0 Å². The van der Waals surface area contributed by atoms with Crippen molar-refractivity contribution in [3.05, 3.63) is 41.5 Å². The summed E-state index contributed by atoms with van der Waals surface area (Å²) in [5.74, 6) is 2.41. The minimum absolute atomic E-state index is 0.353. The Bertz CT molecular complexity index is 449. The summed E-state index contributed by atoms with van der Waals surface area (Å²) in [5, 5.41) is 2.98. The molecule has 3 nitrogen and oxygen atoms in total. The second-order valence-electron chi connectivity index (χ2n) is 3.33. The predicted molar refractivity (Wildman–Crippen MR) is 67.8 cm³/mol. The number of esters is 1. The molecule has 0 saturated carbocycles. The van der Waals surface area contributed by atoms with Crippen LogP contribution in [0.15, 0.2) is 30.3 Å². The molecule has 88 valence electrons. The Labute approximate surface area is 101 Å². The monoisotopic (exact) mass is 229 g/mol.